The fourth-order valence-corrected chi connectivity index (χ4v) is 5.62. The first kappa shape index (κ1) is 17.5. The molecule has 0 aromatic heterocycles. The quantitative estimate of drug-likeness (QED) is 0.725. The lowest BCUT2D eigenvalue weighted by atomic mass is 9.34. The van der Waals surface area contributed by atoms with Gasteiger partial charge >= 0.3 is 0 Å². The average molecular weight is 355 g/mol. The number of fused-ring (bicyclic) bond motifs is 3. The van der Waals surface area contributed by atoms with Crippen molar-refractivity contribution in [1.29, 1.82) is 0 Å². The molecule has 0 spiro atoms. The molecular weight excluding hydrogens is 326 g/mol. The molecule has 2 aliphatic heterocycles. The summed E-state index contributed by atoms with van der Waals surface area (Å²) in [6.45, 7) is 9.65. The predicted molar refractivity (Wildman–Crippen MR) is 102 cm³/mol. The highest BCUT2D eigenvalue weighted by atomic mass is 16.2. The van der Waals surface area contributed by atoms with Crippen molar-refractivity contribution in [2.24, 2.45) is 10.8 Å². The van der Waals surface area contributed by atoms with Gasteiger partial charge in [-0.3, -0.25) is 9.59 Å². The number of piperazine rings is 1. The normalized spacial score (nSPS) is 33.3. The number of anilines is 1. The Balaban J connectivity index is 1.85. The number of hydrogen-bond acceptors (Lipinski definition) is 3. The molecule has 5 nitrogen and oxygen atoms in total. The highest BCUT2D eigenvalue weighted by molar-refractivity contribution is 6.16. The summed E-state index contributed by atoms with van der Waals surface area (Å²) in [5.74, 6) is -0.0132. The third kappa shape index (κ3) is 1.85. The van der Waals surface area contributed by atoms with E-state index in [0.29, 0.717) is 19.5 Å². The SMILES string of the molecule is CN1CCN(C(=O)[C@@]23CC(C)(C)[C@]2(C)c2ccccc2N(C)C3=O)CC1. The Kier molecular flexibility index (Phi) is 3.59. The van der Waals surface area contributed by atoms with Gasteiger partial charge in [-0.1, -0.05) is 39.0 Å². The lowest BCUT2D eigenvalue weighted by Crippen LogP contribution is -2.77. The van der Waals surface area contributed by atoms with E-state index in [2.05, 4.69) is 38.8 Å². The van der Waals surface area contributed by atoms with Gasteiger partial charge in [-0.15, -0.1) is 0 Å². The second-order valence-corrected chi connectivity index (χ2v) is 9.07. The van der Waals surface area contributed by atoms with Crippen LogP contribution < -0.4 is 4.90 Å². The molecule has 0 bridgehead atoms. The molecule has 2 atom stereocenters. The van der Waals surface area contributed by atoms with Gasteiger partial charge in [-0.25, -0.2) is 0 Å². The maximum atomic E-state index is 13.8. The minimum atomic E-state index is -0.977. The Morgan fingerprint density at radius 3 is 2.23 bits per heavy atom. The van der Waals surface area contributed by atoms with Crippen molar-refractivity contribution in [2.45, 2.75) is 32.6 Å². The number of carbonyl (C=O) groups is 2. The lowest BCUT2D eigenvalue weighted by Gasteiger charge is -2.69. The molecule has 5 heteroatoms. The topological polar surface area (TPSA) is 43.9 Å². The number of para-hydroxylation sites is 1. The van der Waals surface area contributed by atoms with Crippen molar-refractivity contribution in [3.63, 3.8) is 0 Å². The zero-order valence-corrected chi connectivity index (χ0v) is 16.5. The first-order valence-electron chi connectivity index (χ1n) is 9.52. The molecule has 1 aromatic carbocycles. The van der Waals surface area contributed by atoms with Crippen LogP contribution in [0.3, 0.4) is 0 Å². The van der Waals surface area contributed by atoms with Gasteiger partial charge in [0.1, 0.15) is 5.41 Å². The average Bonchev–Trinajstić information content (AvgIpc) is 2.63. The summed E-state index contributed by atoms with van der Waals surface area (Å²) in [7, 11) is 3.89. The zero-order chi connectivity index (χ0) is 18.9. The molecule has 1 aromatic rings. The minimum Gasteiger partial charge on any atom is -0.339 e. The van der Waals surface area contributed by atoms with Crippen molar-refractivity contribution in [2.75, 3.05) is 45.2 Å². The van der Waals surface area contributed by atoms with E-state index >= 15 is 0 Å². The standard InChI is InChI=1S/C21H29N3O2/c1-19(2)14-21(18(26)24-12-10-22(4)11-13-24)17(25)23(5)16-9-7-6-8-15(16)20(19,21)3/h6-9H,10-14H2,1-5H3/t20-,21-/m0/s1. The molecule has 2 heterocycles. The summed E-state index contributed by atoms with van der Waals surface area (Å²) in [5.41, 5.74) is 0.494. The first-order valence-corrected chi connectivity index (χ1v) is 9.52. The van der Waals surface area contributed by atoms with E-state index in [1.54, 1.807) is 4.90 Å². The van der Waals surface area contributed by atoms with Crippen LogP contribution in [0.4, 0.5) is 5.69 Å². The fourth-order valence-electron chi connectivity index (χ4n) is 5.62. The molecule has 0 N–H and O–H groups in total. The van der Waals surface area contributed by atoms with Crippen LogP contribution in [0.5, 0.6) is 0 Å². The molecular formula is C21H29N3O2. The second kappa shape index (κ2) is 5.32. The van der Waals surface area contributed by atoms with Gasteiger partial charge in [0.2, 0.25) is 11.8 Å². The number of likely N-dealkylation sites (N-methyl/N-ethyl adjacent to an activating group) is 1. The highest BCUT2D eigenvalue weighted by Gasteiger charge is 2.77. The van der Waals surface area contributed by atoms with Gasteiger partial charge in [0.25, 0.3) is 0 Å². The number of rotatable bonds is 1. The van der Waals surface area contributed by atoms with E-state index in [-0.39, 0.29) is 17.2 Å². The molecule has 26 heavy (non-hydrogen) atoms. The first-order chi connectivity index (χ1) is 12.2. The van der Waals surface area contributed by atoms with E-state index in [1.807, 2.05) is 30.1 Å². The smallest absolute Gasteiger partial charge is 0.243 e. The molecule has 140 valence electrons. The van der Waals surface area contributed by atoms with Crippen LogP contribution in [-0.4, -0.2) is 61.9 Å². The van der Waals surface area contributed by atoms with Gasteiger partial charge in [0.15, 0.2) is 0 Å². The number of nitrogens with zero attached hydrogens (tertiary/aromatic N) is 3. The Morgan fingerprint density at radius 2 is 1.62 bits per heavy atom. The van der Waals surface area contributed by atoms with Crippen LogP contribution in [0.1, 0.15) is 32.8 Å². The molecule has 0 radical (unpaired) electrons. The number of hydrogen-bond donors (Lipinski definition) is 0. The number of amides is 2. The van der Waals surface area contributed by atoms with Crippen molar-refractivity contribution >= 4 is 17.5 Å². The van der Waals surface area contributed by atoms with Crippen molar-refractivity contribution < 1.29 is 9.59 Å². The van der Waals surface area contributed by atoms with Crippen LogP contribution >= 0.6 is 0 Å². The summed E-state index contributed by atoms with van der Waals surface area (Å²) in [4.78, 5) is 33.2. The van der Waals surface area contributed by atoms with Crippen LogP contribution in [0.25, 0.3) is 0 Å². The van der Waals surface area contributed by atoms with Gasteiger partial charge in [0, 0.05) is 44.3 Å². The molecule has 1 aliphatic carbocycles. The van der Waals surface area contributed by atoms with Gasteiger partial charge < -0.3 is 14.7 Å². The lowest BCUT2D eigenvalue weighted by molar-refractivity contribution is -0.188. The van der Waals surface area contributed by atoms with Crippen LogP contribution in [0.15, 0.2) is 24.3 Å². The Hall–Kier alpha value is -1.88. The molecule has 2 fully saturated rings. The van der Waals surface area contributed by atoms with E-state index in [4.69, 9.17) is 0 Å². The maximum Gasteiger partial charge on any atom is 0.243 e. The highest BCUT2D eigenvalue weighted by Crippen LogP contribution is 2.72. The summed E-state index contributed by atoms with van der Waals surface area (Å²) in [6, 6.07) is 8.09. The van der Waals surface area contributed by atoms with Gasteiger partial charge in [0.05, 0.1) is 0 Å². The van der Waals surface area contributed by atoms with Gasteiger partial charge in [-0.2, -0.15) is 0 Å². The molecule has 2 amide bonds. The maximum absolute atomic E-state index is 13.8. The molecule has 1 saturated heterocycles. The molecule has 3 aliphatic rings. The fraction of sp³-hybridized carbons (Fsp3) is 0.619. The van der Waals surface area contributed by atoms with Crippen molar-refractivity contribution in [1.82, 2.24) is 9.80 Å². The largest absolute Gasteiger partial charge is 0.339 e. The monoisotopic (exact) mass is 355 g/mol. The van der Waals surface area contributed by atoms with Crippen LogP contribution in [0, 0.1) is 10.8 Å². The summed E-state index contributed by atoms with van der Waals surface area (Å²) in [6.07, 6.45) is 0.610. The van der Waals surface area contributed by atoms with Crippen molar-refractivity contribution in [3.05, 3.63) is 29.8 Å². The summed E-state index contributed by atoms with van der Waals surface area (Å²) in [5, 5.41) is 0. The predicted octanol–water partition coefficient (Wildman–Crippen LogP) is 2.11. The molecule has 4 rings (SSSR count). The van der Waals surface area contributed by atoms with Gasteiger partial charge in [-0.05, 0) is 30.5 Å². The van der Waals surface area contributed by atoms with E-state index in [0.717, 1.165) is 24.3 Å². The molecule has 0 unspecified atom stereocenters. The minimum absolute atomic E-state index is 0.0266. The van der Waals surface area contributed by atoms with E-state index < -0.39 is 10.8 Å². The van der Waals surface area contributed by atoms with E-state index in [9.17, 15) is 9.59 Å². The number of benzene rings is 1. The second-order valence-electron chi connectivity index (χ2n) is 9.07. The summed E-state index contributed by atoms with van der Waals surface area (Å²) < 4.78 is 0. The van der Waals surface area contributed by atoms with E-state index in [1.165, 1.54) is 0 Å². The Bertz CT molecular complexity index is 781. The van der Waals surface area contributed by atoms with Crippen LogP contribution in [0.2, 0.25) is 0 Å². The van der Waals surface area contributed by atoms with Crippen molar-refractivity contribution in [3.8, 4) is 0 Å². The number of carbonyl (C=O) groups excluding carboxylic acids is 2. The third-order valence-electron chi connectivity index (χ3n) is 7.54. The Labute approximate surface area is 155 Å². The summed E-state index contributed by atoms with van der Waals surface area (Å²) >= 11 is 0. The molecule has 1 saturated carbocycles. The van der Waals surface area contributed by atoms with Crippen LogP contribution in [-0.2, 0) is 15.0 Å². The Morgan fingerprint density at radius 1 is 1.00 bits per heavy atom. The third-order valence-corrected chi connectivity index (χ3v) is 7.54. The zero-order valence-electron chi connectivity index (χ0n) is 16.5.